The third-order valence-electron chi connectivity index (χ3n) is 5.18. The zero-order chi connectivity index (χ0) is 23.4. The number of Topliss-reactive ketones (excluding diaryl/α,β-unsaturated/α-hetero) is 1. The van der Waals surface area contributed by atoms with Crippen molar-refractivity contribution in [3.05, 3.63) is 65.0 Å². The summed E-state index contributed by atoms with van der Waals surface area (Å²) < 4.78 is 30.8. The van der Waals surface area contributed by atoms with Crippen LogP contribution in [0.4, 0.5) is 4.39 Å². The molecule has 1 atom stereocenters. The van der Waals surface area contributed by atoms with Crippen LogP contribution in [0.3, 0.4) is 0 Å². The van der Waals surface area contributed by atoms with Crippen molar-refractivity contribution in [2.24, 2.45) is 0 Å². The molecule has 0 spiro atoms. The number of carbonyl (C=O) groups is 2. The minimum Gasteiger partial charge on any atom is -0.507 e. The van der Waals surface area contributed by atoms with Gasteiger partial charge >= 0.3 is 0 Å². The van der Waals surface area contributed by atoms with Gasteiger partial charge in [0.05, 0.1) is 38.5 Å². The van der Waals surface area contributed by atoms with Crippen LogP contribution in [0.15, 0.2) is 48.0 Å². The highest BCUT2D eigenvalue weighted by molar-refractivity contribution is 6.46. The summed E-state index contributed by atoms with van der Waals surface area (Å²) in [7, 11) is 2.91. The van der Waals surface area contributed by atoms with Gasteiger partial charge in [0.15, 0.2) is 11.5 Å². The summed E-state index contributed by atoms with van der Waals surface area (Å²) >= 11 is 0. The van der Waals surface area contributed by atoms with E-state index in [9.17, 15) is 19.1 Å². The molecule has 1 heterocycles. The Kier molecular flexibility index (Phi) is 7.15. The fraction of sp³-hybridized carbons (Fsp3) is 0.333. The monoisotopic (exact) mass is 443 g/mol. The highest BCUT2D eigenvalue weighted by Gasteiger charge is 2.46. The molecule has 0 aromatic heterocycles. The van der Waals surface area contributed by atoms with E-state index in [-0.39, 0.29) is 36.0 Å². The minimum atomic E-state index is -1.10. The van der Waals surface area contributed by atoms with Crippen LogP contribution in [0.1, 0.15) is 31.0 Å². The van der Waals surface area contributed by atoms with E-state index in [1.54, 1.807) is 12.1 Å². The summed E-state index contributed by atoms with van der Waals surface area (Å²) in [5.74, 6) is -1.97. The van der Waals surface area contributed by atoms with E-state index in [1.165, 1.54) is 49.5 Å². The molecule has 0 aliphatic carbocycles. The minimum absolute atomic E-state index is 0.0600. The van der Waals surface area contributed by atoms with Crippen molar-refractivity contribution in [1.82, 2.24) is 4.90 Å². The molecule has 170 valence electrons. The first kappa shape index (κ1) is 23.3. The number of benzene rings is 2. The fourth-order valence-corrected chi connectivity index (χ4v) is 3.66. The Morgan fingerprint density at radius 1 is 1.09 bits per heavy atom. The van der Waals surface area contributed by atoms with Crippen molar-refractivity contribution in [3.63, 3.8) is 0 Å². The first-order chi connectivity index (χ1) is 15.3. The number of hydrogen-bond acceptors (Lipinski definition) is 6. The molecule has 1 amide bonds. The maximum Gasteiger partial charge on any atom is 0.295 e. The van der Waals surface area contributed by atoms with Gasteiger partial charge < -0.3 is 24.2 Å². The smallest absolute Gasteiger partial charge is 0.295 e. The van der Waals surface area contributed by atoms with Gasteiger partial charge in [-0.05, 0) is 38.1 Å². The van der Waals surface area contributed by atoms with E-state index in [2.05, 4.69) is 0 Å². The number of halogens is 1. The van der Waals surface area contributed by atoms with E-state index >= 15 is 0 Å². The zero-order valence-corrected chi connectivity index (χ0v) is 18.4. The second-order valence-corrected chi connectivity index (χ2v) is 7.50. The van der Waals surface area contributed by atoms with Crippen LogP contribution in [0.5, 0.6) is 11.5 Å². The first-order valence-electron chi connectivity index (χ1n) is 10.2. The van der Waals surface area contributed by atoms with Gasteiger partial charge in [-0.2, -0.15) is 0 Å². The van der Waals surface area contributed by atoms with E-state index in [0.29, 0.717) is 11.5 Å². The molecule has 0 bridgehead atoms. The summed E-state index contributed by atoms with van der Waals surface area (Å²) in [5.41, 5.74) is 0.149. The molecule has 3 rings (SSSR count). The highest BCUT2D eigenvalue weighted by Crippen LogP contribution is 2.41. The molecule has 0 saturated carbocycles. The van der Waals surface area contributed by atoms with Crippen LogP contribution in [-0.4, -0.2) is 55.2 Å². The second-order valence-electron chi connectivity index (χ2n) is 7.50. The molecule has 0 radical (unpaired) electrons. The highest BCUT2D eigenvalue weighted by atomic mass is 19.1. The molecular weight excluding hydrogens is 417 g/mol. The molecular formula is C24H26FNO6. The maximum absolute atomic E-state index is 14.8. The average Bonchev–Trinajstić information content (AvgIpc) is 3.03. The molecule has 1 N–H and O–H groups in total. The topological polar surface area (TPSA) is 85.3 Å². The number of ketones is 1. The van der Waals surface area contributed by atoms with Crippen LogP contribution < -0.4 is 9.47 Å². The predicted molar refractivity (Wildman–Crippen MR) is 116 cm³/mol. The van der Waals surface area contributed by atoms with Crippen molar-refractivity contribution in [3.8, 4) is 11.5 Å². The zero-order valence-electron chi connectivity index (χ0n) is 18.4. The van der Waals surface area contributed by atoms with E-state index in [4.69, 9.17) is 14.2 Å². The molecule has 1 aliphatic rings. The van der Waals surface area contributed by atoms with Crippen LogP contribution in [-0.2, 0) is 14.3 Å². The molecule has 1 fully saturated rings. The normalized spacial score (nSPS) is 17.8. The predicted octanol–water partition coefficient (Wildman–Crippen LogP) is 3.69. The Morgan fingerprint density at radius 3 is 2.41 bits per heavy atom. The summed E-state index contributed by atoms with van der Waals surface area (Å²) in [4.78, 5) is 27.1. The quantitative estimate of drug-likeness (QED) is 0.381. The van der Waals surface area contributed by atoms with E-state index in [0.717, 1.165) is 0 Å². The van der Waals surface area contributed by atoms with Gasteiger partial charge in [0.25, 0.3) is 11.7 Å². The van der Waals surface area contributed by atoms with Gasteiger partial charge in [0.1, 0.15) is 11.6 Å². The van der Waals surface area contributed by atoms with Crippen molar-refractivity contribution >= 4 is 17.4 Å². The molecule has 1 aliphatic heterocycles. The van der Waals surface area contributed by atoms with Crippen molar-refractivity contribution in [1.29, 1.82) is 0 Å². The lowest BCUT2D eigenvalue weighted by molar-refractivity contribution is -0.140. The lowest BCUT2D eigenvalue weighted by Gasteiger charge is -2.26. The number of amides is 1. The Balaban J connectivity index is 2.14. The third kappa shape index (κ3) is 4.45. The second kappa shape index (κ2) is 9.82. The number of ether oxygens (including phenoxy) is 3. The molecule has 2 aromatic carbocycles. The maximum atomic E-state index is 14.8. The Bertz CT molecular complexity index is 1050. The number of aliphatic hydroxyl groups is 1. The number of aliphatic hydroxyl groups excluding tert-OH is 1. The van der Waals surface area contributed by atoms with E-state index in [1.807, 2.05) is 13.8 Å². The summed E-state index contributed by atoms with van der Waals surface area (Å²) in [6, 6.07) is 9.35. The van der Waals surface area contributed by atoms with Crippen molar-refractivity contribution in [2.45, 2.75) is 26.0 Å². The number of hydrogen-bond donors (Lipinski definition) is 1. The van der Waals surface area contributed by atoms with Gasteiger partial charge in [-0.15, -0.1) is 0 Å². The molecule has 8 heteroatoms. The number of nitrogens with zero attached hydrogens (tertiary/aromatic N) is 1. The van der Waals surface area contributed by atoms with Gasteiger partial charge in [-0.25, -0.2) is 4.39 Å². The summed E-state index contributed by atoms with van der Waals surface area (Å²) in [5, 5.41) is 11.1. The van der Waals surface area contributed by atoms with Crippen LogP contribution in [0.25, 0.3) is 5.76 Å². The van der Waals surface area contributed by atoms with Crippen molar-refractivity contribution in [2.75, 3.05) is 27.4 Å². The van der Waals surface area contributed by atoms with Gasteiger partial charge in [0.2, 0.25) is 0 Å². The average molecular weight is 443 g/mol. The van der Waals surface area contributed by atoms with E-state index < -0.39 is 29.3 Å². The Hall–Kier alpha value is -3.39. The fourth-order valence-electron chi connectivity index (χ4n) is 3.66. The molecule has 1 unspecified atom stereocenters. The SMILES string of the molecule is COc1ccc(/C(O)=C2\C(=O)C(=O)N(CCOC(C)C)C2c2ccccc2F)cc1OC. The molecule has 1 saturated heterocycles. The Labute approximate surface area is 186 Å². The number of carbonyl (C=O) groups excluding carboxylic acids is 2. The lowest BCUT2D eigenvalue weighted by atomic mass is 9.95. The molecule has 7 nitrogen and oxygen atoms in total. The third-order valence-corrected chi connectivity index (χ3v) is 5.18. The molecule has 32 heavy (non-hydrogen) atoms. The Morgan fingerprint density at radius 2 is 1.78 bits per heavy atom. The summed E-state index contributed by atoms with van der Waals surface area (Å²) in [6.45, 7) is 3.91. The van der Waals surface area contributed by atoms with Crippen LogP contribution in [0, 0.1) is 5.82 Å². The summed E-state index contributed by atoms with van der Waals surface area (Å²) in [6.07, 6.45) is -0.0782. The van der Waals surface area contributed by atoms with Gasteiger partial charge in [-0.3, -0.25) is 9.59 Å². The largest absolute Gasteiger partial charge is 0.507 e. The number of methoxy groups -OCH3 is 2. The standard InChI is InChI=1S/C24H26FNO6/c1-14(2)32-12-11-26-21(16-7-5-6-8-17(16)25)20(23(28)24(26)29)22(27)15-9-10-18(30-3)19(13-15)31-4/h5-10,13-14,21,27H,11-12H2,1-4H3/b22-20+. The number of likely N-dealkylation sites (tertiary alicyclic amines) is 1. The van der Waals surface area contributed by atoms with Gasteiger partial charge in [-0.1, -0.05) is 18.2 Å². The van der Waals surface area contributed by atoms with Crippen LogP contribution >= 0.6 is 0 Å². The van der Waals surface area contributed by atoms with Gasteiger partial charge in [0, 0.05) is 17.7 Å². The molecule has 2 aromatic rings. The number of rotatable bonds is 8. The lowest BCUT2D eigenvalue weighted by Crippen LogP contribution is -2.33. The van der Waals surface area contributed by atoms with Crippen molar-refractivity contribution < 1.29 is 33.3 Å². The first-order valence-corrected chi connectivity index (χ1v) is 10.2. The van der Waals surface area contributed by atoms with Crippen LogP contribution in [0.2, 0.25) is 0 Å².